The van der Waals surface area contributed by atoms with Gasteiger partial charge in [-0.05, 0) is 88.7 Å². The van der Waals surface area contributed by atoms with E-state index in [9.17, 15) is 9.59 Å². The number of carbonyl (C=O) groups is 2. The van der Waals surface area contributed by atoms with Gasteiger partial charge in [0.1, 0.15) is 23.2 Å². The first-order chi connectivity index (χ1) is 18.7. The van der Waals surface area contributed by atoms with Crippen LogP contribution in [0.4, 0.5) is 0 Å². The minimum Gasteiger partial charge on any atom is -0.341 e. The Morgan fingerprint density at radius 1 is 0.632 bits per heavy atom. The third-order valence-corrected chi connectivity index (χ3v) is 9.69. The van der Waals surface area contributed by atoms with Gasteiger partial charge in [-0.2, -0.15) is 0 Å². The number of aromatic nitrogens is 4. The molecule has 2 heterocycles. The maximum atomic E-state index is 11.0. The third-order valence-electron chi connectivity index (χ3n) is 8.43. The molecule has 3 aliphatic rings. The molecule has 0 fully saturated rings. The first-order valence-electron chi connectivity index (χ1n) is 13.0. The summed E-state index contributed by atoms with van der Waals surface area (Å²) in [5.74, 6) is 0. The van der Waals surface area contributed by atoms with Crippen LogP contribution in [0, 0.1) is 0 Å². The van der Waals surface area contributed by atoms with Gasteiger partial charge in [-0.15, -0.1) is 0 Å². The van der Waals surface area contributed by atoms with Crippen molar-refractivity contribution in [3.63, 3.8) is 0 Å². The molecule has 5 aromatic rings. The molecule has 38 heavy (non-hydrogen) atoms. The summed E-state index contributed by atoms with van der Waals surface area (Å²) < 4.78 is 0. The van der Waals surface area contributed by atoms with Crippen LogP contribution in [0.25, 0.3) is 44.4 Å². The van der Waals surface area contributed by atoms with Crippen molar-refractivity contribution in [2.45, 2.75) is 38.5 Å². The Balaban J connectivity index is 1.24. The zero-order valence-corrected chi connectivity index (χ0v) is 22.6. The van der Waals surface area contributed by atoms with Gasteiger partial charge in [0, 0.05) is 39.7 Å². The summed E-state index contributed by atoms with van der Waals surface area (Å²) in [7, 11) is 0.144. The number of nitrogens with one attached hydrogen (secondary N) is 2. The summed E-state index contributed by atoms with van der Waals surface area (Å²) >= 11 is 0. The Morgan fingerprint density at radius 2 is 1.21 bits per heavy atom. The van der Waals surface area contributed by atoms with Crippen molar-refractivity contribution in [3.8, 4) is 33.6 Å². The summed E-state index contributed by atoms with van der Waals surface area (Å²) in [6.45, 7) is 0. The third kappa shape index (κ3) is 3.27. The predicted octanol–water partition coefficient (Wildman–Crippen LogP) is 4.57. The van der Waals surface area contributed by atoms with Crippen LogP contribution in [-0.2, 0) is 48.1 Å². The van der Waals surface area contributed by atoms with Gasteiger partial charge in [-0.25, -0.2) is 9.97 Å². The Bertz CT molecular complexity index is 1830. The van der Waals surface area contributed by atoms with E-state index in [4.69, 9.17) is 9.97 Å². The fourth-order valence-corrected chi connectivity index (χ4v) is 7.82. The predicted molar refractivity (Wildman–Crippen MR) is 156 cm³/mol. The van der Waals surface area contributed by atoms with Gasteiger partial charge < -0.3 is 9.97 Å². The molecule has 0 spiro atoms. The molecule has 2 atom stereocenters. The number of nitrogens with zero attached hydrogens (tertiary/aromatic N) is 2. The molecule has 2 unspecified atom stereocenters. The molecule has 3 aromatic carbocycles. The largest absolute Gasteiger partial charge is 0.341 e. The molecule has 0 radical (unpaired) electrons. The molecule has 3 aliphatic carbocycles. The molecule has 2 aromatic heterocycles. The average molecular weight is 534 g/mol. The van der Waals surface area contributed by atoms with E-state index in [2.05, 4.69) is 46.4 Å². The number of aromatic amines is 2. The van der Waals surface area contributed by atoms with Crippen molar-refractivity contribution in [2.24, 2.45) is 0 Å². The van der Waals surface area contributed by atoms with Crippen molar-refractivity contribution in [3.05, 3.63) is 70.0 Å². The highest BCUT2D eigenvalue weighted by molar-refractivity contribution is 7.62. The molecular formula is C30H24N4O2P2. The van der Waals surface area contributed by atoms with Crippen LogP contribution in [0.2, 0.25) is 0 Å². The molecule has 0 bridgehead atoms. The summed E-state index contributed by atoms with van der Waals surface area (Å²) in [4.78, 5) is 38.4. The van der Waals surface area contributed by atoms with Crippen molar-refractivity contribution < 1.29 is 9.59 Å². The van der Waals surface area contributed by atoms with Gasteiger partial charge in [0.25, 0.3) is 0 Å². The molecular weight excluding hydrogens is 510 g/mol. The van der Waals surface area contributed by atoms with E-state index < -0.39 is 0 Å². The number of hydrogen-bond donors (Lipinski definition) is 2. The molecule has 0 aliphatic heterocycles. The monoisotopic (exact) mass is 534 g/mol. The number of rotatable bonds is 4. The quantitative estimate of drug-likeness (QED) is 0.261. The SMILES string of the molecule is O=CPc1nc2c([nH]1)CCc1cc3c4c(ccc3cc1-2)-c1ccc2c(c1CC4)CCc1[nH]c(PC=O)nc1-2. The second kappa shape index (κ2) is 8.53. The molecule has 6 nitrogen and oxygen atoms in total. The summed E-state index contributed by atoms with van der Waals surface area (Å²) in [5, 5.41) is 2.61. The van der Waals surface area contributed by atoms with E-state index in [0.717, 1.165) is 84.5 Å². The Kier molecular flexibility index (Phi) is 5.05. The van der Waals surface area contributed by atoms with Crippen LogP contribution in [0.3, 0.4) is 0 Å². The average Bonchev–Trinajstić information content (AvgIpc) is 3.55. The van der Waals surface area contributed by atoms with Crippen LogP contribution < -0.4 is 11.1 Å². The van der Waals surface area contributed by atoms with Crippen LogP contribution in [0.1, 0.15) is 33.6 Å². The lowest BCUT2D eigenvalue weighted by molar-refractivity contribution is 0.569. The number of fused-ring (bicyclic) bond motifs is 12. The highest BCUT2D eigenvalue weighted by Crippen LogP contribution is 2.45. The van der Waals surface area contributed by atoms with Crippen molar-refractivity contribution in [2.75, 3.05) is 0 Å². The molecule has 0 saturated carbocycles. The van der Waals surface area contributed by atoms with E-state index in [1.165, 1.54) is 55.3 Å². The highest BCUT2D eigenvalue weighted by Gasteiger charge is 2.28. The van der Waals surface area contributed by atoms with Gasteiger partial charge in [0.05, 0.1) is 11.4 Å². The van der Waals surface area contributed by atoms with Gasteiger partial charge in [0.15, 0.2) is 0 Å². The van der Waals surface area contributed by atoms with Crippen molar-refractivity contribution in [1.82, 2.24) is 19.9 Å². The van der Waals surface area contributed by atoms with Gasteiger partial charge in [-0.3, -0.25) is 9.59 Å². The lowest BCUT2D eigenvalue weighted by Gasteiger charge is -2.28. The number of carbonyl (C=O) groups excluding carboxylic acids is 2. The Labute approximate surface area is 222 Å². The van der Waals surface area contributed by atoms with Crippen molar-refractivity contribution >= 4 is 51.1 Å². The van der Waals surface area contributed by atoms with E-state index >= 15 is 0 Å². The highest BCUT2D eigenvalue weighted by atomic mass is 31.1. The first-order valence-corrected chi connectivity index (χ1v) is 15.2. The van der Waals surface area contributed by atoms with E-state index in [-0.39, 0.29) is 17.2 Å². The zero-order chi connectivity index (χ0) is 25.4. The number of hydrogen-bond acceptors (Lipinski definition) is 4. The van der Waals surface area contributed by atoms with Crippen LogP contribution >= 0.6 is 17.2 Å². The van der Waals surface area contributed by atoms with Gasteiger partial charge in [0.2, 0.25) is 0 Å². The smallest absolute Gasteiger partial charge is 0.146 e. The summed E-state index contributed by atoms with van der Waals surface area (Å²) in [6.07, 6.45) is 5.92. The molecule has 186 valence electrons. The fraction of sp³-hybridized carbons (Fsp3) is 0.200. The topological polar surface area (TPSA) is 91.5 Å². The summed E-state index contributed by atoms with van der Waals surface area (Å²) in [6, 6.07) is 15.7. The second-order valence-corrected chi connectivity index (χ2v) is 12.3. The number of benzene rings is 3. The Morgan fingerprint density at radius 3 is 1.97 bits per heavy atom. The normalized spacial score (nSPS) is 15.3. The lowest BCUT2D eigenvalue weighted by Crippen LogP contribution is -2.13. The number of imidazole rings is 2. The number of aryl methyl sites for hydroxylation is 4. The summed E-state index contributed by atoms with van der Waals surface area (Å²) in [5.41, 5.74) is 16.7. The fourth-order valence-electron chi connectivity index (χ4n) is 6.80. The molecule has 0 amide bonds. The minimum absolute atomic E-state index is 0.0695. The number of H-pyrrole nitrogens is 2. The maximum absolute atomic E-state index is 11.0. The zero-order valence-electron chi connectivity index (χ0n) is 20.6. The Hall–Kier alpha value is -3.46. The van der Waals surface area contributed by atoms with E-state index in [1.54, 1.807) is 0 Å². The maximum Gasteiger partial charge on any atom is 0.146 e. The first kappa shape index (κ1) is 22.5. The second-order valence-electron chi connectivity index (χ2n) is 10.3. The lowest BCUT2D eigenvalue weighted by atomic mass is 9.76. The van der Waals surface area contributed by atoms with Crippen LogP contribution in [-0.4, -0.2) is 32.0 Å². The molecule has 2 N–H and O–H groups in total. The van der Waals surface area contributed by atoms with E-state index in [0.29, 0.717) is 0 Å². The molecule has 8 heteroatoms. The van der Waals surface area contributed by atoms with E-state index in [1.807, 2.05) is 0 Å². The molecule has 0 saturated heterocycles. The van der Waals surface area contributed by atoms with Crippen LogP contribution in [0.15, 0.2) is 36.4 Å². The van der Waals surface area contributed by atoms with Gasteiger partial charge in [-0.1, -0.05) is 30.3 Å². The minimum atomic E-state index is 0.0695. The standard InChI is InChI=1S/C30H24N4O2P2/c35-13-37-29-32-26-10-8-20-19-4-5-21-17(18(19)6-7-22(20)27(26)33-29)3-1-15-12-24-16(11-23(15)21)2-9-25-28(24)34-30(31-25)38-14-36/h1,3,6-7,11-14,37-38H,2,4-5,8-10H2,(H,31,34)(H,32,33). The van der Waals surface area contributed by atoms with Crippen LogP contribution in [0.5, 0.6) is 0 Å². The molecule has 8 rings (SSSR count). The van der Waals surface area contributed by atoms with Crippen molar-refractivity contribution in [1.29, 1.82) is 0 Å². The van der Waals surface area contributed by atoms with Gasteiger partial charge >= 0.3 is 0 Å².